The van der Waals surface area contributed by atoms with Crippen LogP contribution in [0.1, 0.15) is 49.5 Å². The first-order chi connectivity index (χ1) is 16.4. The molecule has 0 aliphatic carbocycles. The van der Waals surface area contributed by atoms with Crippen molar-refractivity contribution in [2.24, 2.45) is 0 Å². The minimum absolute atomic E-state index is 0.0868. The van der Waals surface area contributed by atoms with Gasteiger partial charge in [-0.25, -0.2) is 8.42 Å². The molecule has 2 aromatic carbocycles. The molecule has 0 heterocycles. The molecule has 1 N–H and O–H groups in total. The zero-order valence-electron chi connectivity index (χ0n) is 20.5. The van der Waals surface area contributed by atoms with Gasteiger partial charge in [0, 0.05) is 23.7 Å². The molecule has 0 aliphatic heterocycles. The van der Waals surface area contributed by atoms with Crippen LogP contribution in [-0.2, 0) is 26.2 Å². The van der Waals surface area contributed by atoms with Crippen LogP contribution in [0.15, 0.2) is 48.5 Å². The summed E-state index contributed by atoms with van der Waals surface area (Å²) in [5.74, 6) is -1.12. The van der Waals surface area contributed by atoms with Crippen LogP contribution in [0.25, 0.3) is 0 Å². The molecule has 2 amide bonds. The molecule has 2 aromatic rings. The van der Waals surface area contributed by atoms with Crippen molar-refractivity contribution < 1.29 is 22.8 Å². The first kappa shape index (κ1) is 28.3. The van der Waals surface area contributed by atoms with Gasteiger partial charge in [-0.2, -0.15) is 0 Å². The number of unbranched alkanes of at least 4 members (excludes halogenated alkanes) is 1. The number of nitrogens with zero attached hydrogens (tertiary/aromatic N) is 2. The highest BCUT2D eigenvalue weighted by molar-refractivity contribution is 7.92. The summed E-state index contributed by atoms with van der Waals surface area (Å²) >= 11 is 5.97. The van der Waals surface area contributed by atoms with Gasteiger partial charge in [-0.05, 0) is 50.1 Å². The summed E-state index contributed by atoms with van der Waals surface area (Å²) in [5.41, 5.74) is 1.26. The molecular weight excluding hydrogens is 490 g/mol. The van der Waals surface area contributed by atoms with Crippen LogP contribution in [0.2, 0.25) is 5.02 Å². The number of nitrogens with one attached hydrogen (secondary N) is 1. The first-order valence-electron chi connectivity index (χ1n) is 11.3. The number of carbonyl (C=O) groups is 3. The number of hydrogen-bond donors (Lipinski definition) is 1. The number of hydrogen-bond acceptors (Lipinski definition) is 5. The Morgan fingerprint density at radius 1 is 1.09 bits per heavy atom. The maximum absolute atomic E-state index is 13.5. The lowest BCUT2D eigenvalue weighted by molar-refractivity contribution is -0.139. The van der Waals surface area contributed by atoms with Crippen LogP contribution in [0.4, 0.5) is 5.69 Å². The molecule has 0 saturated heterocycles. The Morgan fingerprint density at radius 2 is 1.74 bits per heavy atom. The second kappa shape index (κ2) is 12.7. The van der Waals surface area contributed by atoms with Crippen molar-refractivity contribution in [3.63, 3.8) is 0 Å². The molecular formula is C25H32ClN3O5S. The van der Waals surface area contributed by atoms with Crippen LogP contribution >= 0.6 is 11.6 Å². The van der Waals surface area contributed by atoms with E-state index in [-0.39, 0.29) is 23.9 Å². The molecule has 0 aliphatic rings. The van der Waals surface area contributed by atoms with Gasteiger partial charge in [0.2, 0.25) is 21.8 Å². The van der Waals surface area contributed by atoms with Gasteiger partial charge in [0.05, 0.1) is 11.9 Å². The largest absolute Gasteiger partial charge is 0.354 e. The summed E-state index contributed by atoms with van der Waals surface area (Å²) < 4.78 is 26.2. The zero-order chi connectivity index (χ0) is 26.2. The summed E-state index contributed by atoms with van der Waals surface area (Å²) in [5, 5.41) is 3.36. The van der Waals surface area contributed by atoms with E-state index >= 15 is 0 Å². The SMILES string of the molecule is CCCCNC(=O)[C@@H](C)N(Cc1ccc(Cl)cc1)C(=O)CN(c1cccc(C(C)=O)c1)S(C)(=O)=O. The van der Waals surface area contributed by atoms with E-state index in [9.17, 15) is 22.8 Å². The van der Waals surface area contributed by atoms with E-state index in [0.717, 1.165) is 29.0 Å². The molecule has 0 aromatic heterocycles. The Balaban J connectivity index is 2.38. The van der Waals surface area contributed by atoms with Gasteiger partial charge < -0.3 is 10.2 Å². The Morgan fingerprint density at radius 3 is 2.31 bits per heavy atom. The van der Waals surface area contributed by atoms with Crippen LogP contribution in [-0.4, -0.2) is 56.3 Å². The smallest absolute Gasteiger partial charge is 0.244 e. The topological polar surface area (TPSA) is 104 Å². The van der Waals surface area contributed by atoms with E-state index < -0.39 is 28.5 Å². The van der Waals surface area contributed by atoms with Crippen LogP contribution in [0.5, 0.6) is 0 Å². The highest BCUT2D eigenvalue weighted by Crippen LogP contribution is 2.21. The highest BCUT2D eigenvalue weighted by Gasteiger charge is 2.30. The van der Waals surface area contributed by atoms with Crippen molar-refractivity contribution in [1.82, 2.24) is 10.2 Å². The fourth-order valence-corrected chi connectivity index (χ4v) is 4.37. The normalized spacial score (nSPS) is 12.0. The number of rotatable bonds is 12. The second-order valence-electron chi connectivity index (χ2n) is 8.34. The average molecular weight is 522 g/mol. The number of ketones is 1. The molecule has 1 atom stereocenters. The molecule has 0 radical (unpaired) electrons. The van der Waals surface area contributed by atoms with Gasteiger partial charge in [0.15, 0.2) is 5.78 Å². The van der Waals surface area contributed by atoms with E-state index in [1.54, 1.807) is 43.3 Å². The quantitative estimate of drug-likeness (QED) is 0.339. The van der Waals surface area contributed by atoms with E-state index in [1.165, 1.54) is 24.0 Å². The van der Waals surface area contributed by atoms with E-state index in [4.69, 9.17) is 11.6 Å². The number of carbonyl (C=O) groups excluding carboxylic acids is 3. The fraction of sp³-hybridized carbons (Fsp3) is 0.400. The zero-order valence-corrected chi connectivity index (χ0v) is 22.0. The van der Waals surface area contributed by atoms with Crippen molar-refractivity contribution in [2.75, 3.05) is 23.7 Å². The predicted molar refractivity (Wildman–Crippen MR) is 138 cm³/mol. The van der Waals surface area contributed by atoms with Gasteiger partial charge in [-0.1, -0.05) is 49.2 Å². The lowest BCUT2D eigenvalue weighted by Gasteiger charge is -2.31. The van der Waals surface area contributed by atoms with Crippen molar-refractivity contribution >= 4 is 44.9 Å². The molecule has 0 fully saturated rings. The van der Waals surface area contributed by atoms with Crippen LogP contribution < -0.4 is 9.62 Å². The van der Waals surface area contributed by atoms with Crippen molar-refractivity contribution in [3.8, 4) is 0 Å². The third-order valence-corrected chi connectivity index (χ3v) is 6.88. The number of amides is 2. The third kappa shape index (κ3) is 8.36. The second-order valence-corrected chi connectivity index (χ2v) is 10.7. The Kier molecular flexibility index (Phi) is 10.3. The third-order valence-electron chi connectivity index (χ3n) is 5.48. The molecule has 0 spiro atoms. The first-order valence-corrected chi connectivity index (χ1v) is 13.6. The van der Waals surface area contributed by atoms with E-state index in [1.807, 2.05) is 6.92 Å². The van der Waals surface area contributed by atoms with Crippen LogP contribution in [0, 0.1) is 0 Å². The fourth-order valence-electron chi connectivity index (χ4n) is 3.40. The minimum atomic E-state index is -3.87. The Hall–Kier alpha value is -2.91. The van der Waals surface area contributed by atoms with Gasteiger partial charge in [0.25, 0.3) is 0 Å². The lowest BCUT2D eigenvalue weighted by atomic mass is 10.1. The number of anilines is 1. The average Bonchev–Trinajstić information content (AvgIpc) is 2.81. The molecule has 10 heteroatoms. The lowest BCUT2D eigenvalue weighted by Crippen LogP contribution is -2.51. The molecule has 0 bridgehead atoms. The van der Waals surface area contributed by atoms with Gasteiger partial charge in [0.1, 0.15) is 12.6 Å². The van der Waals surface area contributed by atoms with Gasteiger partial charge in [-0.3, -0.25) is 18.7 Å². The Bertz CT molecular complexity index is 1150. The molecule has 0 saturated carbocycles. The van der Waals surface area contributed by atoms with E-state index in [0.29, 0.717) is 17.1 Å². The monoisotopic (exact) mass is 521 g/mol. The van der Waals surface area contributed by atoms with Crippen molar-refractivity contribution in [1.29, 1.82) is 0 Å². The molecule has 0 unspecified atom stereocenters. The summed E-state index contributed by atoms with van der Waals surface area (Å²) in [4.78, 5) is 39.4. The van der Waals surface area contributed by atoms with Crippen molar-refractivity contribution in [2.45, 2.75) is 46.2 Å². The number of sulfonamides is 1. The van der Waals surface area contributed by atoms with Gasteiger partial charge in [-0.15, -0.1) is 0 Å². The summed E-state index contributed by atoms with van der Waals surface area (Å²) in [6.07, 6.45) is 2.70. The predicted octanol–water partition coefficient (Wildman–Crippen LogP) is 3.64. The summed E-state index contributed by atoms with van der Waals surface area (Å²) in [6.45, 7) is 5.03. The maximum Gasteiger partial charge on any atom is 0.244 e. The Labute approximate surface area is 212 Å². The highest BCUT2D eigenvalue weighted by atomic mass is 35.5. The van der Waals surface area contributed by atoms with E-state index in [2.05, 4.69) is 5.32 Å². The molecule has 35 heavy (non-hydrogen) atoms. The molecule has 190 valence electrons. The summed E-state index contributed by atoms with van der Waals surface area (Å²) in [7, 11) is -3.87. The van der Waals surface area contributed by atoms with Crippen molar-refractivity contribution in [3.05, 3.63) is 64.7 Å². The minimum Gasteiger partial charge on any atom is -0.354 e. The molecule has 8 nitrogen and oxygen atoms in total. The summed E-state index contributed by atoms with van der Waals surface area (Å²) in [6, 6.07) is 12.1. The van der Waals surface area contributed by atoms with Crippen LogP contribution in [0.3, 0.4) is 0 Å². The number of Topliss-reactive ketones (excluding diaryl/α,β-unsaturated/α-hetero) is 1. The number of benzene rings is 2. The van der Waals surface area contributed by atoms with Gasteiger partial charge >= 0.3 is 0 Å². The molecule has 2 rings (SSSR count). The maximum atomic E-state index is 13.5. The standard InChI is InChI=1S/C25H32ClN3O5S/c1-5-6-14-27-25(32)18(2)28(16-20-10-12-22(26)13-11-20)24(31)17-29(35(4,33)34)23-9-7-8-21(15-23)19(3)30/h7-13,15,18H,5-6,14,16-17H2,1-4H3,(H,27,32)/t18-/m1/s1. The number of halogens is 1.